The van der Waals surface area contributed by atoms with Gasteiger partial charge in [0.2, 0.25) is 0 Å². The maximum absolute atomic E-state index is 7.31. The molecule has 168 valence electrons. The fourth-order valence-electron chi connectivity index (χ4n) is 4.79. The maximum atomic E-state index is 7.31. The highest BCUT2D eigenvalue weighted by Gasteiger charge is 2.50. The van der Waals surface area contributed by atoms with Crippen LogP contribution in [0.3, 0.4) is 0 Å². The smallest absolute Gasteiger partial charge is 0.261 e. The Balaban J connectivity index is 2.08. The van der Waals surface area contributed by atoms with Gasteiger partial charge in [0, 0.05) is 6.61 Å². The second-order valence-corrected chi connectivity index (χ2v) is 19.3. The van der Waals surface area contributed by atoms with Crippen LogP contribution in [0.1, 0.15) is 27.7 Å². The third-order valence-electron chi connectivity index (χ3n) is 6.77. The van der Waals surface area contributed by atoms with Crippen molar-refractivity contribution in [2.75, 3.05) is 6.61 Å². The average Bonchev–Trinajstić information content (AvgIpc) is 2.80. The molecule has 32 heavy (non-hydrogen) atoms. The molecule has 0 spiro atoms. The van der Waals surface area contributed by atoms with Gasteiger partial charge in [0.15, 0.2) is 0 Å². The molecular formula is C29H38OSi2. The highest BCUT2D eigenvalue weighted by molar-refractivity contribution is 6.99. The van der Waals surface area contributed by atoms with Gasteiger partial charge in [0.1, 0.15) is 0 Å². The van der Waals surface area contributed by atoms with Crippen molar-refractivity contribution in [3.8, 4) is 0 Å². The minimum absolute atomic E-state index is 0.00533. The summed E-state index contributed by atoms with van der Waals surface area (Å²) in [5, 5.41) is 4.16. The van der Waals surface area contributed by atoms with E-state index < -0.39 is 16.4 Å². The normalized spacial score (nSPS) is 13.9. The van der Waals surface area contributed by atoms with Crippen molar-refractivity contribution < 1.29 is 4.43 Å². The first-order chi connectivity index (χ1) is 15.2. The Morgan fingerprint density at radius 3 is 1.50 bits per heavy atom. The van der Waals surface area contributed by atoms with E-state index in [1.165, 1.54) is 15.6 Å². The first-order valence-corrected chi connectivity index (χ1v) is 16.7. The van der Waals surface area contributed by atoms with E-state index in [-0.39, 0.29) is 5.04 Å². The fraction of sp³-hybridized carbons (Fsp3) is 0.310. The van der Waals surface area contributed by atoms with Crippen LogP contribution in [0.5, 0.6) is 0 Å². The number of hydrogen-bond donors (Lipinski definition) is 0. The van der Waals surface area contributed by atoms with Gasteiger partial charge >= 0.3 is 0 Å². The van der Waals surface area contributed by atoms with Crippen LogP contribution < -0.4 is 15.6 Å². The molecule has 3 aromatic carbocycles. The van der Waals surface area contributed by atoms with Crippen LogP contribution in [0.25, 0.3) is 0 Å². The SMILES string of the molecule is C/C=C/[C@H](CO[Si](c1ccccc1)(c1ccccc1)C(C)(C)C)[Si](C)(C)c1ccccc1. The monoisotopic (exact) mass is 458 g/mol. The molecule has 3 heteroatoms. The summed E-state index contributed by atoms with van der Waals surface area (Å²) in [4.78, 5) is 0. The summed E-state index contributed by atoms with van der Waals surface area (Å²) in [6.45, 7) is 14.9. The summed E-state index contributed by atoms with van der Waals surface area (Å²) in [7, 11) is -4.31. The van der Waals surface area contributed by atoms with Gasteiger partial charge in [-0.15, -0.1) is 0 Å². The lowest BCUT2D eigenvalue weighted by atomic mass is 10.2. The third-order valence-corrected chi connectivity index (χ3v) is 15.8. The van der Waals surface area contributed by atoms with Crippen molar-refractivity contribution in [2.24, 2.45) is 0 Å². The van der Waals surface area contributed by atoms with Gasteiger partial charge in [-0.1, -0.05) is 142 Å². The number of benzene rings is 3. The van der Waals surface area contributed by atoms with Crippen LogP contribution in [0.4, 0.5) is 0 Å². The predicted octanol–water partition coefficient (Wildman–Crippen LogP) is 6.12. The quantitative estimate of drug-likeness (QED) is 0.292. The maximum Gasteiger partial charge on any atom is 0.261 e. The van der Waals surface area contributed by atoms with E-state index in [1.807, 2.05) is 0 Å². The zero-order valence-corrected chi connectivity index (χ0v) is 22.5. The van der Waals surface area contributed by atoms with Crippen molar-refractivity contribution >= 4 is 32.0 Å². The summed E-state index contributed by atoms with van der Waals surface area (Å²) in [5.74, 6) is 0. The van der Waals surface area contributed by atoms with Crippen LogP contribution in [0.2, 0.25) is 23.7 Å². The van der Waals surface area contributed by atoms with Gasteiger partial charge in [0.25, 0.3) is 8.32 Å². The molecular weight excluding hydrogens is 420 g/mol. The van der Waals surface area contributed by atoms with E-state index in [0.717, 1.165) is 6.61 Å². The Morgan fingerprint density at radius 2 is 1.12 bits per heavy atom. The zero-order chi connectivity index (χ0) is 23.2. The second-order valence-electron chi connectivity index (χ2n) is 10.2. The lowest BCUT2D eigenvalue weighted by Crippen LogP contribution is -2.67. The Labute approximate surface area is 197 Å². The molecule has 0 radical (unpaired) electrons. The van der Waals surface area contributed by atoms with Crippen molar-refractivity contribution in [3.05, 3.63) is 103 Å². The minimum atomic E-state index is -2.53. The van der Waals surface area contributed by atoms with Crippen LogP contribution in [0, 0.1) is 0 Å². The van der Waals surface area contributed by atoms with E-state index in [0.29, 0.717) is 5.54 Å². The fourth-order valence-corrected chi connectivity index (χ4v) is 12.2. The topological polar surface area (TPSA) is 9.23 Å². The summed E-state index contributed by atoms with van der Waals surface area (Å²) in [6.07, 6.45) is 4.59. The summed E-state index contributed by atoms with van der Waals surface area (Å²) in [6, 6.07) is 32.9. The molecule has 3 aromatic rings. The number of hydrogen-bond acceptors (Lipinski definition) is 1. The summed E-state index contributed by atoms with van der Waals surface area (Å²) >= 11 is 0. The third kappa shape index (κ3) is 4.90. The molecule has 0 heterocycles. The van der Waals surface area contributed by atoms with Gasteiger partial charge in [-0.2, -0.15) is 0 Å². The molecule has 1 nitrogen and oxygen atoms in total. The van der Waals surface area contributed by atoms with Crippen molar-refractivity contribution in [1.29, 1.82) is 0 Å². The molecule has 0 aliphatic rings. The minimum Gasteiger partial charge on any atom is -0.407 e. The van der Waals surface area contributed by atoms with E-state index >= 15 is 0 Å². The molecule has 0 saturated heterocycles. The molecule has 0 N–H and O–H groups in total. The molecule has 0 fully saturated rings. The molecule has 0 amide bonds. The highest BCUT2D eigenvalue weighted by Crippen LogP contribution is 2.38. The Morgan fingerprint density at radius 1 is 0.719 bits per heavy atom. The van der Waals surface area contributed by atoms with Gasteiger partial charge < -0.3 is 4.43 Å². The Kier molecular flexibility index (Phi) is 7.76. The van der Waals surface area contributed by atoms with Crippen LogP contribution in [-0.2, 0) is 4.43 Å². The van der Waals surface area contributed by atoms with Crippen LogP contribution in [0.15, 0.2) is 103 Å². The molecule has 0 aromatic heterocycles. The van der Waals surface area contributed by atoms with E-state index in [4.69, 9.17) is 4.43 Å². The second kappa shape index (κ2) is 10.2. The van der Waals surface area contributed by atoms with Gasteiger partial charge in [-0.25, -0.2) is 0 Å². The molecule has 0 aliphatic heterocycles. The summed E-state index contributed by atoms with van der Waals surface area (Å²) < 4.78 is 7.31. The number of rotatable bonds is 8. The van der Waals surface area contributed by atoms with E-state index in [2.05, 4.69) is 144 Å². The molecule has 3 rings (SSSR count). The average molecular weight is 459 g/mol. The van der Waals surface area contributed by atoms with Crippen molar-refractivity contribution in [3.63, 3.8) is 0 Å². The van der Waals surface area contributed by atoms with Gasteiger partial charge in [-0.05, 0) is 27.9 Å². The molecule has 0 unspecified atom stereocenters. The van der Waals surface area contributed by atoms with Gasteiger partial charge in [-0.3, -0.25) is 0 Å². The largest absolute Gasteiger partial charge is 0.407 e. The molecule has 0 aliphatic carbocycles. The standard InChI is InChI=1S/C29H38OSi2/c1-7-17-28(31(5,6)25-18-11-8-12-19-25)24-30-32(29(2,3)4,26-20-13-9-14-21-26)27-22-15-10-16-23-27/h7-23,28H,24H2,1-6H3/b17-7+/t28-/m1/s1. The summed E-state index contributed by atoms with van der Waals surface area (Å²) in [5.41, 5.74) is 0.400. The predicted molar refractivity (Wildman–Crippen MR) is 146 cm³/mol. The van der Waals surface area contributed by atoms with E-state index in [9.17, 15) is 0 Å². The van der Waals surface area contributed by atoms with Crippen molar-refractivity contribution in [2.45, 2.75) is 51.4 Å². The molecule has 0 saturated carbocycles. The Bertz CT molecular complexity index is 950. The van der Waals surface area contributed by atoms with Crippen LogP contribution in [-0.4, -0.2) is 23.0 Å². The first-order valence-electron chi connectivity index (χ1n) is 11.7. The van der Waals surface area contributed by atoms with Crippen LogP contribution >= 0.6 is 0 Å². The van der Waals surface area contributed by atoms with Crippen molar-refractivity contribution in [1.82, 2.24) is 0 Å². The first kappa shape index (κ1) is 24.4. The molecule has 1 atom stereocenters. The number of allylic oxidation sites excluding steroid dienone is 1. The Hall–Kier alpha value is -2.21. The van der Waals surface area contributed by atoms with Gasteiger partial charge in [0.05, 0.1) is 8.07 Å². The lowest BCUT2D eigenvalue weighted by Gasteiger charge is -2.44. The van der Waals surface area contributed by atoms with E-state index in [1.54, 1.807) is 0 Å². The zero-order valence-electron chi connectivity index (χ0n) is 20.5. The lowest BCUT2D eigenvalue weighted by molar-refractivity contribution is 0.302. The molecule has 0 bridgehead atoms. The highest BCUT2D eigenvalue weighted by atomic mass is 28.4.